The number of nitrogens with zero attached hydrogens (tertiary/aromatic N) is 5. The Morgan fingerprint density at radius 1 is 1.14 bits per heavy atom. The molecule has 1 aliphatic rings. The Bertz CT molecular complexity index is 1380. The lowest BCUT2D eigenvalue weighted by molar-refractivity contribution is 0.0696. The maximum absolute atomic E-state index is 12.0. The Labute approximate surface area is 203 Å². The van der Waals surface area contributed by atoms with Gasteiger partial charge in [-0.15, -0.1) is 0 Å². The van der Waals surface area contributed by atoms with Gasteiger partial charge in [0.1, 0.15) is 6.54 Å². The van der Waals surface area contributed by atoms with Crippen molar-refractivity contribution in [3.63, 3.8) is 0 Å². The van der Waals surface area contributed by atoms with E-state index in [1.807, 2.05) is 11.0 Å². The largest absolute Gasteiger partial charge is 0.478 e. The maximum Gasteiger partial charge on any atom is 0.337 e. The molecule has 0 spiro atoms. The van der Waals surface area contributed by atoms with Crippen molar-refractivity contribution in [1.82, 2.24) is 9.97 Å². The van der Waals surface area contributed by atoms with Crippen molar-refractivity contribution in [1.29, 1.82) is 5.26 Å². The van der Waals surface area contributed by atoms with Crippen molar-refractivity contribution < 1.29 is 23.1 Å². The molecule has 0 amide bonds. The normalized spacial score (nSPS) is 13.8. The Kier molecular flexibility index (Phi) is 6.95. The van der Waals surface area contributed by atoms with E-state index in [1.54, 1.807) is 54.7 Å². The zero-order valence-electron chi connectivity index (χ0n) is 19.0. The standard InChI is InChI=1S/C24H23N5O5S/c1-35(32,33)29(11-9-25)19-5-2-17(3-6-19)21-8-10-26-23(27-21)18-4-7-22(20(16-18)24(30)31)28-12-14-34-15-13-28/h2-8,10,16H,11-15H2,1H3,(H,30,31). The van der Waals surface area contributed by atoms with Crippen molar-refractivity contribution in [3.05, 3.63) is 60.3 Å². The summed E-state index contributed by atoms with van der Waals surface area (Å²) in [5, 5.41) is 18.8. The molecule has 3 aromatic rings. The lowest BCUT2D eigenvalue weighted by Crippen LogP contribution is -2.37. The van der Waals surface area contributed by atoms with Gasteiger partial charge < -0.3 is 14.7 Å². The van der Waals surface area contributed by atoms with Crippen LogP contribution in [0.1, 0.15) is 10.4 Å². The summed E-state index contributed by atoms with van der Waals surface area (Å²) in [6, 6.07) is 15.3. The first kappa shape index (κ1) is 24.1. The first-order chi connectivity index (χ1) is 16.8. The van der Waals surface area contributed by atoms with Crippen LogP contribution < -0.4 is 9.21 Å². The highest BCUT2D eigenvalue weighted by molar-refractivity contribution is 7.92. The van der Waals surface area contributed by atoms with Gasteiger partial charge in [-0.05, 0) is 36.4 Å². The van der Waals surface area contributed by atoms with E-state index in [2.05, 4.69) is 9.97 Å². The van der Waals surface area contributed by atoms with Gasteiger partial charge in [-0.3, -0.25) is 4.31 Å². The minimum Gasteiger partial charge on any atom is -0.478 e. The van der Waals surface area contributed by atoms with E-state index in [0.717, 1.165) is 10.6 Å². The zero-order valence-corrected chi connectivity index (χ0v) is 19.8. The van der Waals surface area contributed by atoms with Gasteiger partial charge in [0.15, 0.2) is 5.82 Å². The van der Waals surface area contributed by atoms with Crippen molar-refractivity contribution in [2.75, 3.05) is 48.3 Å². The third-order valence-electron chi connectivity index (χ3n) is 5.56. The molecular formula is C24H23N5O5S. The average Bonchev–Trinajstić information content (AvgIpc) is 2.87. The average molecular weight is 494 g/mol. The molecular weight excluding hydrogens is 470 g/mol. The molecule has 180 valence electrons. The van der Waals surface area contributed by atoms with Crippen LogP contribution in [0, 0.1) is 11.3 Å². The third kappa shape index (κ3) is 5.40. The summed E-state index contributed by atoms with van der Waals surface area (Å²) >= 11 is 0. The number of benzene rings is 2. The van der Waals surface area contributed by atoms with Crippen molar-refractivity contribution in [3.8, 4) is 28.7 Å². The molecule has 0 saturated carbocycles. The van der Waals surface area contributed by atoms with Crippen molar-refractivity contribution in [2.45, 2.75) is 0 Å². The number of nitriles is 1. The molecule has 0 radical (unpaired) electrons. The predicted molar refractivity (Wildman–Crippen MR) is 131 cm³/mol. The molecule has 1 N–H and O–H groups in total. The van der Waals surface area contributed by atoms with Crippen LogP contribution in [0.25, 0.3) is 22.6 Å². The Morgan fingerprint density at radius 2 is 1.83 bits per heavy atom. The number of ether oxygens (including phenoxy) is 1. The Hall–Kier alpha value is -4.01. The first-order valence-corrected chi connectivity index (χ1v) is 12.6. The summed E-state index contributed by atoms with van der Waals surface area (Å²) in [7, 11) is -3.60. The van der Waals surface area contributed by atoms with Gasteiger partial charge in [-0.2, -0.15) is 5.26 Å². The fourth-order valence-corrected chi connectivity index (χ4v) is 4.64. The van der Waals surface area contributed by atoms with E-state index in [4.69, 9.17) is 10.00 Å². The maximum atomic E-state index is 12.0. The fourth-order valence-electron chi connectivity index (χ4n) is 3.85. The van der Waals surface area contributed by atoms with Crippen LogP contribution in [0.2, 0.25) is 0 Å². The predicted octanol–water partition coefficient (Wildman–Crippen LogP) is 2.63. The van der Waals surface area contributed by atoms with Crippen LogP contribution in [0.4, 0.5) is 11.4 Å². The minimum absolute atomic E-state index is 0.168. The fraction of sp³-hybridized carbons (Fsp3) is 0.250. The molecule has 0 bridgehead atoms. The lowest BCUT2D eigenvalue weighted by atomic mass is 10.1. The summed E-state index contributed by atoms with van der Waals surface area (Å²) in [5.74, 6) is -0.669. The Morgan fingerprint density at radius 3 is 2.46 bits per heavy atom. The van der Waals surface area contributed by atoms with E-state index < -0.39 is 16.0 Å². The van der Waals surface area contributed by atoms with Gasteiger partial charge in [0.2, 0.25) is 10.0 Å². The minimum atomic E-state index is -3.60. The van der Waals surface area contributed by atoms with E-state index >= 15 is 0 Å². The van der Waals surface area contributed by atoms with E-state index in [-0.39, 0.29) is 12.1 Å². The summed E-state index contributed by atoms with van der Waals surface area (Å²) in [6.45, 7) is 2.04. The number of hydrogen-bond acceptors (Lipinski definition) is 8. The smallest absolute Gasteiger partial charge is 0.337 e. The molecule has 0 aliphatic carbocycles. The second-order valence-electron chi connectivity index (χ2n) is 7.88. The SMILES string of the molecule is CS(=O)(=O)N(CC#N)c1ccc(-c2ccnc(-c3ccc(N4CCOCC4)c(C(=O)O)c3)n2)cc1. The molecule has 2 heterocycles. The van der Waals surface area contributed by atoms with Crippen LogP contribution in [0.3, 0.4) is 0 Å². The highest BCUT2D eigenvalue weighted by atomic mass is 32.2. The molecule has 0 unspecified atom stereocenters. The van der Waals surface area contributed by atoms with Crippen LogP contribution >= 0.6 is 0 Å². The Balaban J connectivity index is 1.65. The monoisotopic (exact) mass is 493 g/mol. The number of sulfonamides is 1. The number of aromatic nitrogens is 2. The molecule has 2 aromatic carbocycles. The van der Waals surface area contributed by atoms with Gasteiger partial charge in [0.05, 0.1) is 48.2 Å². The van der Waals surface area contributed by atoms with Crippen LogP contribution in [0.5, 0.6) is 0 Å². The highest BCUT2D eigenvalue weighted by Crippen LogP contribution is 2.29. The van der Waals surface area contributed by atoms with Gasteiger partial charge >= 0.3 is 5.97 Å². The third-order valence-corrected chi connectivity index (χ3v) is 6.70. The van der Waals surface area contributed by atoms with Gasteiger partial charge in [0, 0.05) is 30.4 Å². The van der Waals surface area contributed by atoms with Crippen molar-refractivity contribution in [2.24, 2.45) is 0 Å². The molecule has 1 aliphatic heterocycles. The number of hydrogen-bond donors (Lipinski definition) is 1. The summed E-state index contributed by atoms with van der Waals surface area (Å²) in [5.41, 5.74) is 3.03. The number of anilines is 2. The summed E-state index contributed by atoms with van der Waals surface area (Å²) in [4.78, 5) is 22.9. The number of aromatic carboxylic acids is 1. The second kappa shape index (κ2) is 10.1. The van der Waals surface area contributed by atoms with Crippen LogP contribution in [-0.2, 0) is 14.8 Å². The number of morpholine rings is 1. The molecule has 1 fully saturated rings. The molecule has 10 nitrogen and oxygen atoms in total. The number of carboxylic acids is 1. The summed E-state index contributed by atoms with van der Waals surface area (Å²) < 4.78 is 30.3. The molecule has 1 saturated heterocycles. The summed E-state index contributed by atoms with van der Waals surface area (Å²) in [6.07, 6.45) is 2.63. The number of carbonyl (C=O) groups is 1. The van der Waals surface area contributed by atoms with Crippen LogP contribution in [0.15, 0.2) is 54.7 Å². The first-order valence-electron chi connectivity index (χ1n) is 10.8. The highest BCUT2D eigenvalue weighted by Gasteiger charge is 2.20. The van der Waals surface area contributed by atoms with E-state index in [1.165, 1.54) is 0 Å². The molecule has 11 heteroatoms. The number of carboxylic acid groups (broad SMARTS) is 1. The topological polar surface area (TPSA) is 137 Å². The molecule has 0 atom stereocenters. The van der Waals surface area contributed by atoms with E-state index in [0.29, 0.717) is 60.3 Å². The van der Waals surface area contributed by atoms with Gasteiger partial charge in [-0.25, -0.2) is 23.2 Å². The zero-order chi connectivity index (χ0) is 25.0. The number of rotatable bonds is 7. The second-order valence-corrected chi connectivity index (χ2v) is 9.78. The molecule has 4 rings (SSSR count). The van der Waals surface area contributed by atoms with E-state index in [9.17, 15) is 18.3 Å². The van der Waals surface area contributed by atoms with Crippen LogP contribution in [-0.4, -0.2) is 68.6 Å². The molecule has 1 aromatic heterocycles. The van der Waals surface area contributed by atoms with Crippen molar-refractivity contribution >= 4 is 27.4 Å². The quantitative estimate of drug-likeness (QED) is 0.492. The molecule has 35 heavy (non-hydrogen) atoms. The lowest BCUT2D eigenvalue weighted by Gasteiger charge is -2.30. The van der Waals surface area contributed by atoms with Gasteiger partial charge in [-0.1, -0.05) is 12.1 Å². The van der Waals surface area contributed by atoms with Gasteiger partial charge in [0.25, 0.3) is 0 Å².